The summed E-state index contributed by atoms with van der Waals surface area (Å²) in [4.78, 5) is 11.1. The Morgan fingerprint density at radius 2 is 2.10 bits per heavy atom. The molecule has 0 aliphatic heterocycles. The van der Waals surface area contributed by atoms with Crippen LogP contribution in [0.25, 0.3) is 0 Å². The fourth-order valence-corrected chi connectivity index (χ4v) is 2.12. The first-order valence-electron chi connectivity index (χ1n) is 4.93. The third-order valence-corrected chi connectivity index (χ3v) is 3.87. The van der Waals surface area contributed by atoms with Crippen molar-refractivity contribution in [3.63, 3.8) is 0 Å². The second-order valence-corrected chi connectivity index (χ2v) is 6.27. The molecule has 112 valence electrons. The summed E-state index contributed by atoms with van der Waals surface area (Å²) in [6.45, 7) is -0.0656. The average Bonchev–Trinajstić information content (AvgIpc) is 2.69. The molecule has 1 aromatic rings. The second-order valence-electron chi connectivity index (χ2n) is 3.41. The second kappa shape index (κ2) is 6.17. The van der Waals surface area contributed by atoms with E-state index in [1.54, 1.807) is 5.38 Å². The number of sulfone groups is 1. The van der Waals surface area contributed by atoms with Crippen LogP contribution < -0.4 is 11.5 Å². The van der Waals surface area contributed by atoms with Gasteiger partial charge in [-0.15, -0.1) is 11.3 Å². The molecule has 0 aliphatic rings. The van der Waals surface area contributed by atoms with Gasteiger partial charge in [0.1, 0.15) is 0 Å². The molecule has 1 heterocycles. The van der Waals surface area contributed by atoms with E-state index in [4.69, 9.17) is 11.5 Å². The number of halogens is 3. The van der Waals surface area contributed by atoms with Crippen LogP contribution in [0, 0.1) is 0 Å². The summed E-state index contributed by atoms with van der Waals surface area (Å²) in [7, 11) is -5.18. The number of guanidine groups is 1. The topological polar surface area (TPSA) is 124 Å². The Labute approximate surface area is 116 Å². The Hall–Kier alpha value is -1.69. The molecule has 1 rings (SSSR count). The Morgan fingerprint density at radius 1 is 1.45 bits per heavy atom. The third-order valence-electron chi connectivity index (χ3n) is 1.79. The molecule has 0 atom stereocenters. The normalized spacial score (nSPS) is 12.8. The Balaban J connectivity index is 2.58. The number of aromatic nitrogens is 1. The lowest BCUT2D eigenvalue weighted by Gasteiger charge is -2.04. The first kappa shape index (κ1) is 16.4. The molecule has 1 aromatic heterocycles. The SMILES string of the molecule is NC(N)=Nc1nc(CN=CCS(=O)(=O)C(F)(F)F)cs1. The zero-order valence-electron chi connectivity index (χ0n) is 9.83. The predicted octanol–water partition coefficient (Wildman–Crippen LogP) is 0.553. The molecule has 0 saturated heterocycles. The van der Waals surface area contributed by atoms with E-state index in [-0.39, 0.29) is 17.6 Å². The van der Waals surface area contributed by atoms with Crippen molar-refractivity contribution in [1.29, 1.82) is 0 Å². The largest absolute Gasteiger partial charge is 0.497 e. The van der Waals surface area contributed by atoms with Crippen molar-refractivity contribution in [2.45, 2.75) is 12.1 Å². The fourth-order valence-electron chi connectivity index (χ4n) is 0.934. The lowest BCUT2D eigenvalue weighted by Crippen LogP contribution is -2.26. The lowest BCUT2D eigenvalue weighted by atomic mass is 10.5. The van der Waals surface area contributed by atoms with Gasteiger partial charge in [0.05, 0.1) is 18.0 Å². The minimum absolute atomic E-state index is 0.0656. The van der Waals surface area contributed by atoms with Crippen LogP contribution in [0.5, 0.6) is 0 Å². The van der Waals surface area contributed by atoms with Crippen molar-refractivity contribution in [2.24, 2.45) is 21.5 Å². The van der Waals surface area contributed by atoms with Crippen molar-refractivity contribution in [3.05, 3.63) is 11.1 Å². The van der Waals surface area contributed by atoms with Crippen LogP contribution in [0.2, 0.25) is 0 Å². The number of thiazole rings is 1. The zero-order chi connectivity index (χ0) is 15.4. The summed E-state index contributed by atoms with van der Waals surface area (Å²) in [6.07, 6.45) is 0.683. The van der Waals surface area contributed by atoms with E-state index < -0.39 is 21.1 Å². The van der Waals surface area contributed by atoms with Gasteiger partial charge in [0, 0.05) is 11.6 Å². The molecule has 0 amide bonds. The Kier molecular flexibility index (Phi) is 5.05. The van der Waals surface area contributed by atoms with E-state index in [1.165, 1.54) is 0 Å². The van der Waals surface area contributed by atoms with Gasteiger partial charge in [-0.2, -0.15) is 18.2 Å². The van der Waals surface area contributed by atoms with Crippen LogP contribution in [0.4, 0.5) is 18.3 Å². The molecule has 0 bridgehead atoms. The molecule has 4 N–H and O–H groups in total. The number of hydrogen-bond acceptors (Lipinski definition) is 6. The Bertz CT molecular complexity index is 616. The molecule has 12 heteroatoms. The first-order chi connectivity index (χ1) is 9.12. The monoisotopic (exact) mass is 329 g/mol. The summed E-state index contributed by atoms with van der Waals surface area (Å²) < 4.78 is 57.5. The van der Waals surface area contributed by atoms with E-state index in [0.29, 0.717) is 11.9 Å². The minimum Gasteiger partial charge on any atom is -0.370 e. The van der Waals surface area contributed by atoms with E-state index in [1.807, 2.05) is 0 Å². The number of nitrogens with zero attached hydrogens (tertiary/aromatic N) is 3. The molecular weight excluding hydrogens is 319 g/mol. The third kappa shape index (κ3) is 4.77. The van der Waals surface area contributed by atoms with Crippen molar-refractivity contribution in [1.82, 2.24) is 4.98 Å². The summed E-state index contributed by atoms with van der Waals surface area (Å²) >= 11 is 1.11. The summed E-state index contributed by atoms with van der Waals surface area (Å²) in [5.74, 6) is -1.38. The highest BCUT2D eigenvalue weighted by molar-refractivity contribution is 7.92. The van der Waals surface area contributed by atoms with E-state index >= 15 is 0 Å². The van der Waals surface area contributed by atoms with E-state index in [0.717, 1.165) is 11.3 Å². The zero-order valence-corrected chi connectivity index (χ0v) is 11.5. The summed E-state index contributed by atoms with van der Waals surface area (Å²) in [5, 5.41) is 1.83. The van der Waals surface area contributed by atoms with Crippen LogP contribution in [-0.2, 0) is 16.4 Å². The van der Waals surface area contributed by atoms with Crippen LogP contribution in [-0.4, -0.2) is 36.8 Å². The highest BCUT2D eigenvalue weighted by Gasteiger charge is 2.44. The fraction of sp³-hybridized carbons (Fsp3) is 0.375. The van der Waals surface area contributed by atoms with Crippen LogP contribution in [0.1, 0.15) is 5.69 Å². The van der Waals surface area contributed by atoms with Gasteiger partial charge in [-0.1, -0.05) is 0 Å². The van der Waals surface area contributed by atoms with Gasteiger partial charge in [-0.05, 0) is 0 Å². The quantitative estimate of drug-likeness (QED) is 0.603. The molecule has 0 unspecified atom stereocenters. The first-order valence-corrected chi connectivity index (χ1v) is 7.46. The van der Waals surface area contributed by atoms with Gasteiger partial charge in [-0.25, -0.2) is 13.4 Å². The summed E-state index contributed by atoms with van der Waals surface area (Å²) in [6, 6.07) is 0. The van der Waals surface area contributed by atoms with E-state index in [9.17, 15) is 21.6 Å². The molecular formula is C8H10F3N5O2S2. The van der Waals surface area contributed by atoms with Crippen LogP contribution in [0.15, 0.2) is 15.4 Å². The smallest absolute Gasteiger partial charge is 0.370 e. The number of nitrogens with two attached hydrogens (primary N) is 2. The molecule has 0 saturated carbocycles. The number of rotatable bonds is 5. The average molecular weight is 329 g/mol. The predicted molar refractivity (Wildman–Crippen MR) is 69.6 cm³/mol. The number of aliphatic imine (C=N–C) groups is 2. The highest BCUT2D eigenvalue weighted by atomic mass is 32.2. The van der Waals surface area contributed by atoms with Gasteiger partial charge >= 0.3 is 5.51 Å². The van der Waals surface area contributed by atoms with Crippen LogP contribution in [0.3, 0.4) is 0 Å². The minimum atomic E-state index is -5.28. The molecule has 20 heavy (non-hydrogen) atoms. The maximum atomic E-state index is 12.0. The van der Waals surface area contributed by atoms with Crippen molar-refractivity contribution in [3.8, 4) is 0 Å². The molecule has 0 fully saturated rings. The van der Waals surface area contributed by atoms with Gasteiger partial charge in [0.25, 0.3) is 9.84 Å². The van der Waals surface area contributed by atoms with E-state index in [2.05, 4.69) is 15.0 Å². The van der Waals surface area contributed by atoms with Gasteiger partial charge < -0.3 is 11.5 Å². The molecule has 0 spiro atoms. The Morgan fingerprint density at radius 3 is 2.65 bits per heavy atom. The number of alkyl halides is 3. The van der Waals surface area contributed by atoms with Crippen molar-refractivity contribution >= 4 is 38.5 Å². The van der Waals surface area contributed by atoms with Crippen LogP contribution >= 0.6 is 11.3 Å². The highest BCUT2D eigenvalue weighted by Crippen LogP contribution is 2.23. The lowest BCUT2D eigenvalue weighted by molar-refractivity contribution is -0.0431. The maximum Gasteiger partial charge on any atom is 0.497 e. The maximum absolute atomic E-state index is 12.0. The standard InChI is InChI=1S/C8H10F3N5O2S2/c9-8(10,11)20(17,18)2-1-14-3-5-4-19-7(15-5)16-6(12)13/h1,4H,2-3H2,(H4,12,13,15,16). The van der Waals surface area contributed by atoms with Gasteiger partial charge in [0.15, 0.2) is 5.96 Å². The molecule has 0 aromatic carbocycles. The van der Waals surface area contributed by atoms with Gasteiger partial charge in [0.2, 0.25) is 5.13 Å². The van der Waals surface area contributed by atoms with Gasteiger partial charge in [-0.3, -0.25) is 4.99 Å². The van der Waals surface area contributed by atoms with Crippen molar-refractivity contribution in [2.75, 3.05) is 5.75 Å². The summed E-state index contributed by atoms with van der Waals surface area (Å²) in [5.41, 5.74) is 5.41. The molecule has 7 nitrogen and oxygen atoms in total. The number of hydrogen-bond donors (Lipinski definition) is 2. The molecule has 0 aliphatic carbocycles. The molecule has 0 radical (unpaired) electrons. The van der Waals surface area contributed by atoms with Crippen molar-refractivity contribution < 1.29 is 21.6 Å².